The molecule has 0 bridgehead atoms. The topological polar surface area (TPSA) is 47.3 Å². The zero-order chi connectivity index (χ0) is 12.1. The van der Waals surface area contributed by atoms with Crippen molar-refractivity contribution in [2.24, 2.45) is 5.84 Å². The maximum Gasteiger partial charge on any atom is 0.129 e. The Morgan fingerprint density at radius 3 is 2.69 bits per heavy atom. The van der Waals surface area contributed by atoms with Gasteiger partial charge in [0.15, 0.2) is 0 Å². The van der Waals surface area contributed by atoms with Crippen molar-refractivity contribution in [1.29, 1.82) is 0 Å². The first-order valence-corrected chi connectivity index (χ1v) is 5.87. The van der Waals surface area contributed by atoms with Gasteiger partial charge in [-0.15, -0.1) is 0 Å². The fourth-order valence-electron chi connectivity index (χ4n) is 1.35. The number of hydrogen-bond acceptors (Lipinski definition) is 3. The van der Waals surface area contributed by atoms with Crippen molar-refractivity contribution in [3.05, 3.63) is 34.1 Å². The van der Waals surface area contributed by atoms with E-state index in [2.05, 4.69) is 21.4 Å². The molecule has 1 rings (SSSR count). The Kier molecular flexibility index (Phi) is 5.34. The van der Waals surface area contributed by atoms with Gasteiger partial charge in [0.05, 0.1) is 18.8 Å². The van der Waals surface area contributed by atoms with E-state index in [1.807, 2.05) is 13.8 Å². The number of rotatable bonds is 5. The van der Waals surface area contributed by atoms with Crippen LogP contribution in [-0.4, -0.2) is 12.7 Å². The third kappa shape index (κ3) is 3.52. The molecule has 0 heterocycles. The SMILES string of the molecule is CC(C)OCC(NN)c1c(F)cccc1Br. The van der Waals surface area contributed by atoms with E-state index in [0.29, 0.717) is 16.6 Å². The van der Waals surface area contributed by atoms with E-state index < -0.39 is 0 Å². The van der Waals surface area contributed by atoms with Crippen LogP contribution in [0.4, 0.5) is 4.39 Å². The quantitative estimate of drug-likeness (QED) is 0.647. The Morgan fingerprint density at radius 1 is 1.50 bits per heavy atom. The summed E-state index contributed by atoms with van der Waals surface area (Å²) >= 11 is 3.30. The molecule has 3 nitrogen and oxygen atoms in total. The Hall–Kier alpha value is -0.490. The highest BCUT2D eigenvalue weighted by Crippen LogP contribution is 2.26. The second-order valence-electron chi connectivity index (χ2n) is 3.74. The Labute approximate surface area is 103 Å². The molecule has 0 aliphatic heterocycles. The standard InChI is InChI=1S/C11H16BrFN2O/c1-7(2)16-6-10(15-14)11-8(12)4-3-5-9(11)13/h3-5,7,10,15H,6,14H2,1-2H3. The van der Waals surface area contributed by atoms with E-state index in [1.54, 1.807) is 12.1 Å². The third-order valence-electron chi connectivity index (χ3n) is 2.15. The fraction of sp³-hybridized carbons (Fsp3) is 0.455. The van der Waals surface area contributed by atoms with Gasteiger partial charge in [-0.25, -0.2) is 4.39 Å². The highest BCUT2D eigenvalue weighted by molar-refractivity contribution is 9.10. The number of hydrazine groups is 1. The molecule has 0 fully saturated rings. The van der Waals surface area contributed by atoms with Gasteiger partial charge in [-0.05, 0) is 26.0 Å². The molecule has 0 spiro atoms. The van der Waals surface area contributed by atoms with Crippen molar-refractivity contribution >= 4 is 15.9 Å². The van der Waals surface area contributed by atoms with E-state index in [0.717, 1.165) is 0 Å². The highest BCUT2D eigenvalue weighted by Gasteiger charge is 2.18. The molecule has 1 aromatic rings. The van der Waals surface area contributed by atoms with Crippen LogP contribution in [0.1, 0.15) is 25.5 Å². The van der Waals surface area contributed by atoms with E-state index in [4.69, 9.17) is 10.6 Å². The third-order valence-corrected chi connectivity index (χ3v) is 2.84. The van der Waals surface area contributed by atoms with Gasteiger partial charge in [-0.3, -0.25) is 11.3 Å². The summed E-state index contributed by atoms with van der Waals surface area (Å²) in [7, 11) is 0. The Bertz CT molecular complexity index is 327. The van der Waals surface area contributed by atoms with Crippen molar-refractivity contribution in [3.8, 4) is 0 Å². The van der Waals surface area contributed by atoms with E-state index in [-0.39, 0.29) is 18.0 Å². The van der Waals surface area contributed by atoms with Gasteiger partial charge < -0.3 is 4.74 Å². The molecular formula is C11H16BrFN2O. The summed E-state index contributed by atoms with van der Waals surface area (Å²) in [6.07, 6.45) is 0.0846. The van der Waals surface area contributed by atoms with Crippen molar-refractivity contribution in [2.45, 2.75) is 26.0 Å². The monoisotopic (exact) mass is 290 g/mol. The summed E-state index contributed by atoms with van der Waals surface area (Å²) in [5.41, 5.74) is 3.05. The molecule has 1 unspecified atom stereocenters. The molecule has 5 heteroatoms. The van der Waals surface area contributed by atoms with Crippen molar-refractivity contribution in [3.63, 3.8) is 0 Å². The molecule has 1 aromatic carbocycles. The van der Waals surface area contributed by atoms with Gasteiger partial charge in [0, 0.05) is 10.0 Å². The molecule has 0 aliphatic rings. The second-order valence-corrected chi connectivity index (χ2v) is 4.59. The summed E-state index contributed by atoms with van der Waals surface area (Å²) in [5, 5.41) is 0. The Balaban J connectivity index is 2.86. The maximum atomic E-state index is 13.6. The molecule has 0 radical (unpaired) electrons. The molecule has 0 aliphatic carbocycles. The van der Waals surface area contributed by atoms with Crippen LogP contribution in [0.25, 0.3) is 0 Å². The van der Waals surface area contributed by atoms with Crippen molar-refractivity contribution < 1.29 is 9.13 Å². The first-order valence-electron chi connectivity index (χ1n) is 5.08. The van der Waals surface area contributed by atoms with E-state index in [1.165, 1.54) is 6.07 Å². The average molecular weight is 291 g/mol. The summed E-state index contributed by atoms with van der Waals surface area (Å²) in [6.45, 7) is 4.17. The summed E-state index contributed by atoms with van der Waals surface area (Å²) < 4.78 is 19.7. The Morgan fingerprint density at radius 2 is 2.19 bits per heavy atom. The number of halogens is 2. The molecule has 90 valence electrons. The van der Waals surface area contributed by atoms with Gasteiger partial charge in [0.2, 0.25) is 0 Å². The van der Waals surface area contributed by atoms with Crippen LogP contribution in [0.5, 0.6) is 0 Å². The fourth-order valence-corrected chi connectivity index (χ4v) is 1.97. The lowest BCUT2D eigenvalue weighted by Gasteiger charge is -2.19. The maximum absolute atomic E-state index is 13.6. The molecular weight excluding hydrogens is 275 g/mol. The smallest absolute Gasteiger partial charge is 0.129 e. The van der Waals surface area contributed by atoms with Crippen LogP contribution in [0, 0.1) is 5.82 Å². The largest absolute Gasteiger partial charge is 0.377 e. The zero-order valence-electron chi connectivity index (χ0n) is 9.34. The minimum Gasteiger partial charge on any atom is -0.377 e. The highest BCUT2D eigenvalue weighted by atomic mass is 79.9. The van der Waals surface area contributed by atoms with Crippen LogP contribution in [-0.2, 0) is 4.74 Å². The normalized spacial score (nSPS) is 13.1. The average Bonchev–Trinajstić information content (AvgIpc) is 2.22. The zero-order valence-corrected chi connectivity index (χ0v) is 10.9. The minimum atomic E-state index is -0.363. The van der Waals surface area contributed by atoms with Crippen molar-refractivity contribution in [2.75, 3.05) is 6.61 Å². The first kappa shape index (κ1) is 13.6. The number of ether oxygens (including phenoxy) is 1. The molecule has 3 N–H and O–H groups in total. The molecule has 0 amide bonds. The number of hydrogen-bond donors (Lipinski definition) is 2. The predicted octanol–water partition coefficient (Wildman–Crippen LogP) is 2.52. The summed E-state index contributed by atoms with van der Waals surface area (Å²) in [4.78, 5) is 0. The van der Waals surface area contributed by atoms with Gasteiger partial charge >= 0.3 is 0 Å². The van der Waals surface area contributed by atoms with Crippen LogP contribution in [0.2, 0.25) is 0 Å². The van der Waals surface area contributed by atoms with Crippen LogP contribution >= 0.6 is 15.9 Å². The lowest BCUT2D eigenvalue weighted by molar-refractivity contribution is 0.0603. The van der Waals surface area contributed by atoms with Crippen LogP contribution in [0.15, 0.2) is 22.7 Å². The predicted molar refractivity (Wildman–Crippen MR) is 65.3 cm³/mol. The number of benzene rings is 1. The molecule has 16 heavy (non-hydrogen) atoms. The first-order chi connectivity index (χ1) is 7.56. The number of nitrogens with one attached hydrogen (secondary N) is 1. The van der Waals surface area contributed by atoms with Crippen molar-refractivity contribution in [1.82, 2.24) is 5.43 Å². The molecule has 0 saturated heterocycles. The van der Waals surface area contributed by atoms with Gasteiger partial charge in [-0.2, -0.15) is 0 Å². The number of nitrogens with two attached hydrogens (primary N) is 1. The molecule has 0 saturated carbocycles. The lowest BCUT2D eigenvalue weighted by atomic mass is 10.1. The van der Waals surface area contributed by atoms with Gasteiger partial charge in [-0.1, -0.05) is 22.0 Å². The minimum absolute atomic E-state index is 0.0846. The van der Waals surface area contributed by atoms with Crippen LogP contribution in [0.3, 0.4) is 0 Å². The van der Waals surface area contributed by atoms with Gasteiger partial charge in [0.25, 0.3) is 0 Å². The molecule has 0 aromatic heterocycles. The van der Waals surface area contributed by atoms with E-state index in [9.17, 15) is 4.39 Å². The second kappa shape index (κ2) is 6.30. The summed E-state index contributed by atoms with van der Waals surface area (Å²) in [5.74, 6) is 5.11. The van der Waals surface area contributed by atoms with Gasteiger partial charge in [0.1, 0.15) is 5.82 Å². The van der Waals surface area contributed by atoms with E-state index >= 15 is 0 Å². The summed E-state index contributed by atoms with van der Waals surface area (Å²) in [6, 6.07) is 4.45. The van der Waals surface area contributed by atoms with Crippen LogP contribution < -0.4 is 11.3 Å². The molecule has 1 atom stereocenters. The lowest BCUT2D eigenvalue weighted by Crippen LogP contribution is -2.33.